The Bertz CT molecular complexity index is 328. The van der Waals surface area contributed by atoms with Crippen LogP contribution in [0, 0.1) is 0 Å². The molecule has 1 spiro atoms. The lowest BCUT2D eigenvalue weighted by molar-refractivity contribution is -0.129. The highest BCUT2D eigenvalue weighted by Crippen LogP contribution is 2.33. The molecule has 18 heavy (non-hydrogen) atoms. The number of carbonyl (C=O) groups is 1. The zero-order valence-corrected chi connectivity index (χ0v) is 11.0. The number of likely N-dealkylation sites (tertiary alicyclic amines) is 1. The van der Waals surface area contributed by atoms with Crippen molar-refractivity contribution < 1.29 is 14.3 Å². The first-order valence-electron chi connectivity index (χ1n) is 6.91. The highest BCUT2D eigenvalue weighted by Gasteiger charge is 2.42. The highest BCUT2D eigenvalue weighted by atomic mass is 16.6. The van der Waals surface area contributed by atoms with E-state index in [0.29, 0.717) is 12.6 Å². The van der Waals surface area contributed by atoms with Crippen molar-refractivity contribution in [1.29, 1.82) is 0 Å². The number of nitrogens with one attached hydrogen (secondary N) is 1. The minimum Gasteiger partial charge on any atom is -0.378 e. The molecule has 0 aliphatic carbocycles. The molecular weight excluding hydrogens is 232 g/mol. The number of hydrogen-bond acceptors (Lipinski definition) is 4. The van der Waals surface area contributed by atoms with Crippen LogP contribution in [0.15, 0.2) is 0 Å². The van der Waals surface area contributed by atoms with Gasteiger partial charge in [-0.15, -0.1) is 0 Å². The third-order valence-corrected chi connectivity index (χ3v) is 4.42. The van der Waals surface area contributed by atoms with Crippen LogP contribution in [0.1, 0.15) is 25.7 Å². The van der Waals surface area contributed by atoms with Crippen LogP contribution in [-0.4, -0.2) is 61.9 Å². The van der Waals surface area contributed by atoms with Crippen molar-refractivity contribution in [3.8, 4) is 0 Å². The normalized spacial score (nSPS) is 40.9. The second-order valence-electron chi connectivity index (χ2n) is 5.79. The molecule has 0 aromatic rings. The Labute approximate surface area is 108 Å². The van der Waals surface area contributed by atoms with Crippen LogP contribution in [0.3, 0.4) is 0 Å². The zero-order chi connectivity index (χ0) is 12.6. The molecule has 3 heterocycles. The summed E-state index contributed by atoms with van der Waals surface area (Å²) in [4.78, 5) is 13.7. The molecule has 0 aromatic heterocycles. The average molecular weight is 254 g/mol. The lowest BCUT2D eigenvalue weighted by Gasteiger charge is -2.38. The Hall–Kier alpha value is -0.650. The molecule has 3 saturated heterocycles. The quantitative estimate of drug-likeness (QED) is 0.762. The molecule has 1 amide bonds. The standard InChI is InChI=1S/C13H22N2O3/c1-15-5-2-11(12(15)16)14-10-3-6-18-13(8-10)4-7-17-9-13/h10-11,14H,2-9H2,1H3. The SMILES string of the molecule is CN1CCC(NC2CCOC3(CCOC3)C2)C1=O. The van der Waals surface area contributed by atoms with E-state index in [1.165, 1.54) is 0 Å². The summed E-state index contributed by atoms with van der Waals surface area (Å²) >= 11 is 0. The van der Waals surface area contributed by atoms with Gasteiger partial charge in [-0.1, -0.05) is 0 Å². The molecule has 3 aliphatic heterocycles. The van der Waals surface area contributed by atoms with E-state index in [1.54, 1.807) is 0 Å². The van der Waals surface area contributed by atoms with Crippen molar-refractivity contribution in [2.45, 2.75) is 43.4 Å². The van der Waals surface area contributed by atoms with Crippen LogP contribution in [-0.2, 0) is 14.3 Å². The van der Waals surface area contributed by atoms with Crippen molar-refractivity contribution in [1.82, 2.24) is 10.2 Å². The molecule has 0 bridgehead atoms. The van der Waals surface area contributed by atoms with Gasteiger partial charge >= 0.3 is 0 Å². The van der Waals surface area contributed by atoms with E-state index in [1.807, 2.05) is 11.9 Å². The number of nitrogens with zero attached hydrogens (tertiary/aromatic N) is 1. The average Bonchev–Trinajstić information content (AvgIpc) is 2.92. The maximum absolute atomic E-state index is 11.9. The Morgan fingerprint density at radius 3 is 2.94 bits per heavy atom. The van der Waals surface area contributed by atoms with E-state index in [4.69, 9.17) is 9.47 Å². The molecule has 5 heteroatoms. The summed E-state index contributed by atoms with van der Waals surface area (Å²) in [5.41, 5.74) is -0.0799. The van der Waals surface area contributed by atoms with Gasteiger partial charge in [0.15, 0.2) is 0 Å². The topological polar surface area (TPSA) is 50.8 Å². The predicted octanol–water partition coefficient (Wildman–Crippen LogP) is 0.145. The van der Waals surface area contributed by atoms with Crippen molar-refractivity contribution in [2.75, 3.05) is 33.4 Å². The van der Waals surface area contributed by atoms with E-state index in [9.17, 15) is 4.79 Å². The van der Waals surface area contributed by atoms with E-state index in [2.05, 4.69) is 5.32 Å². The summed E-state index contributed by atoms with van der Waals surface area (Å²) in [6.07, 6.45) is 3.88. The maximum atomic E-state index is 11.9. The molecule has 5 nitrogen and oxygen atoms in total. The summed E-state index contributed by atoms with van der Waals surface area (Å²) in [5, 5.41) is 3.52. The van der Waals surface area contributed by atoms with Gasteiger partial charge in [-0.25, -0.2) is 0 Å². The molecule has 3 atom stereocenters. The fraction of sp³-hybridized carbons (Fsp3) is 0.923. The molecule has 0 aromatic carbocycles. The third-order valence-electron chi connectivity index (χ3n) is 4.42. The van der Waals surface area contributed by atoms with Gasteiger partial charge < -0.3 is 19.7 Å². The minimum atomic E-state index is -0.0799. The second-order valence-corrected chi connectivity index (χ2v) is 5.79. The van der Waals surface area contributed by atoms with Crippen LogP contribution in [0.25, 0.3) is 0 Å². The predicted molar refractivity (Wildman–Crippen MR) is 66.3 cm³/mol. The van der Waals surface area contributed by atoms with Gasteiger partial charge in [-0.2, -0.15) is 0 Å². The fourth-order valence-electron chi connectivity index (χ4n) is 3.29. The molecule has 3 aliphatic rings. The van der Waals surface area contributed by atoms with Gasteiger partial charge in [-0.3, -0.25) is 4.79 Å². The van der Waals surface area contributed by atoms with Gasteiger partial charge in [0.1, 0.15) is 0 Å². The Morgan fingerprint density at radius 2 is 2.28 bits per heavy atom. The number of carbonyl (C=O) groups excluding carboxylic acids is 1. The number of likely N-dealkylation sites (N-methyl/N-ethyl adjacent to an activating group) is 1. The lowest BCUT2D eigenvalue weighted by Crippen LogP contribution is -2.51. The summed E-state index contributed by atoms with van der Waals surface area (Å²) in [6.45, 7) is 3.16. The van der Waals surface area contributed by atoms with E-state index >= 15 is 0 Å². The van der Waals surface area contributed by atoms with Crippen LogP contribution in [0.5, 0.6) is 0 Å². The fourth-order valence-corrected chi connectivity index (χ4v) is 3.29. The summed E-state index contributed by atoms with van der Waals surface area (Å²) < 4.78 is 11.4. The van der Waals surface area contributed by atoms with E-state index in [-0.39, 0.29) is 17.6 Å². The van der Waals surface area contributed by atoms with Gasteiger partial charge in [-0.05, 0) is 19.3 Å². The Balaban J connectivity index is 1.58. The van der Waals surface area contributed by atoms with Crippen LogP contribution in [0.4, 0.5) is 0 Å². The van der Waals surface area contributed by atoms with Crippen molar-refractivity contribution in [3.63, 3.8) is 0 Å². The largest absolute Gasteiger partial charge is 0.378 e. The highest BCUT2D eigenvalue weighted by molar-refractivity contribution is 5.83. The number of hydrogen-bond donors (Lipinski definition) is 1. The molecule has 0 radical (unpaired) electrons. The first-order valence-corrected chi connectivity index (χ1v) is 6.91. The number of ether oxygens (including phenoxy) is 2. The van der Waals surface area contributed by atoms with E-state index < -0.39 is 0 Å². The monoisotopic (exact) mass is 254 g/mol. The van der Waals surface area contributed by atoms with Crippen molar-refractivity contribution >= 4 is 5.91 Å². The van der Waals surface area contributed by atoms with Crippen LogP contribution >= 0.6 is 0 Å². The number of rotatable bonds is 2. The Morgan fingerprint density at radius 1 is 1.39 bits per heavy atom. The molecule has 3 unspecified atom stereocenters. The summed E-state index contributed by atoms with van der Waals surface area (Å²) in [6, 6.07) is 0.401. The van der Waals surface area contributed by atoms with E-state index in [0.717, 1.165) is 45.4 Å². The molecule has 3 rings (SSSR count). The maximum Gasteiger partial charge on any atom is 0.239 e. The molecule has 0 saturated carbocycles. The molecular formula is C13H22N2O3. The molecule has 102 valence electrons. The Kier molecular flexibility index (Phi) is 3.30. The summed E-state index contributed by atoms with van der Waals surface area (Å²) in [5.74, 6) is 0.234. The van der Waals surface area contributed by atoms with Crippen LogP contribution in [0.2, 0.25) is 0 Å². The van der Waals surface area contributed by atoms with Gasteiger partial charge in [0.2, 0.25) is 5.91 Å². The van der Waals surface area contributed by atoms with Gasteiger partial charge in [0, 0.05) is 39.3 Å². The molecule has 3 fully saturated rings. The first-order chi connectivity index (χ1) is 8.69. The summed E-state index contributed by atoms with van der Waals surface area (Å²) in [7, 11) is 1.88. The molecule has 1 N–H and O–H groups in total. The third kappa shape index (κ3) is 2.27. The lowest BCUT2D eigenvalue weighted by atomic mass is 9.89. The van der Waals surface area contributed by atoms with Gasteiger partial charge in [0.05, 0.1) is 18.2 Å². The van der Waals surface area contributed by atoms with Crippen LogP contribution < -0.4 is 5.32 Å². The van der Waals surface area contributed by atoms with Crippen molar-refractivity contribution in [2.24, 2.45) is 0 Å². The first kappa shape index (κ1) is 12.4. The smallest absolute Gasteiger partial charge is 0.239 e. The zero-order valence-electron chi connectivity index (χ0n) is 11.0. The minimum absolute atomic E-state index is 0.0115. The number of amides is 1. The second kappa shape index (κ2) is 4.79. The van der Waals surface area contributed by atoms with Gasteiger partial charge in [0.25, 0.3) is 0 Å². The van der Waals surface area contributed by atoms with Crippen molar-refractivity contribution in [3.05, 3.63) is 0 Å².